The van der Waals surface area contributed by atoms with E-state index in [0.29, 0.717) is 40.6 Å². The number of rotatable bonds is 5. The molecule has 0 radical (unpaired) electrons. The number of fused-ring (bicyclic) bond motifs is 1. The molecule has 4 rings (SSSR count). The third-order valence-electron chi connectivity index (χ3n) is 4.75. The highest BCUT2D eigenvalue weighted by Gasteiger charge is 2.34. The van der Waals surface area contributed by atoms with Crippen molar-refractivity contribution in [2.24, 2.45) is 17.9 Å². The van der Waals surface area contributed by atoms with E-state index in [2.05, 4.69) is 20.7 Å². The van der Waals surface area contributed by atoms with Gasteiger partial charge in [-0.05, 0) is 50.2 Å². The normalized spacial score (nSPS) is 14.6. The summed E-state index contributed by atoms with van der Waals surface area (Å²) in [4.78, 5) is 14.1. The van der Waals surface area contributed by atoms with E-state index >= 15 is 0 Å². The molecule has 1 amide bonds. The maximum Gasteiger partial charge on any atom is 0.257 e. The molecule has 0 unspecified atom stereocenters. The first-order chi connectivity index (χ1) is 14.7. The van der Waals surface area contributed by atoms with Crippen LogP contribution in [0.4, 0.5) is 5.82 Å². The van der Waals surface area contributed by atoms with Gasteiger partial charge in [-0.25, -0.2) is 0 Å². The SMILES string of the molecule is Cn1ncc(NC(=O)c2cc(Oc3ccc(/C(N)=N/O)cc3)c3c(c2)OC(C)(C)C3)n1. The minimum atomic E-state index is -0.420. The van der Waals surface area contributed by atoms with Gasteiger partial charge in [-0.15, -0.1) is 5.10 Å². The van der Waals surface area contributed by atoms with Gasteiger partial charge in [0.15, 0.2) is 11.7 Å². The lowest BCUT2D eigenvalue weighted by atomic mass is 9.99. The van der Waals surface area contributed by atoms with E-state index in [-0.39, 0.29) is 11.7 Å². The van der Waals surface area contributed by atoms with Crippen LogP contribution in [0.15, 0.2) is 47.8 Å². The fourth-order valence-corrected chi connectivity index (χ4v) is 3.34. The first-order valence-corrected chi connectivity index (χ1v) is 9.53. The Bertz CT molecular complexity index is 1170. The van der Waals surface area contributed by atoms with Crippen molar-refractivity contribution < 1.29 is 19.5 Å². The Morgan fingerprint density at radius 1 is 1.29 bits per heavy atom. The van der Waals surface area contributed by atoms with Gasteiger partial charge in [-0.2, -0.15) is 9.90 Å². The predicted molar refractivity (Wildman–Crippen MR) is 113 cm³/mol. The van der Waals surface area contributed by atoms with Crippen LogP contribution in [0.2, 0.25) is 0 Å². The smallest absolute Gasteiger partial charge is 0.257 e. The zero-order chi connectivity index (χ0) is 22.2. The Kier molecular flexibility index (Phi) is 4.97. The maximum absolute atomic E-state index is 12.8. The standard InChI is InChI=1S/C21H22N6O4/c1-21(2)10-15-16(30-14-6-4-12(5-7-14)19(22)26-29)8-13(9-17(15)31-21)20(28)24-18-11-23-27(3)25-18/h4-9,11,29H,10H2,1-3H3,(H2,22,26)(H,24,25,28). The molecule has 3 aromatic rings. The molecule has 31 heavy (non-hydrogen) atoms. The molecule has 0 saturated carbocycles. The molecule has 0 bridgehead atoms. The zero-order valence-electron chi connectivity index (χ0n) is 17.3. The van der Waals surface area contributed by atoms with Gasteiger partial charge in [-0.1, -0.05) is 5.16 Å². The number of aromatic nitrogens is 3. The van der Waals surface area contributed by atoms with Gasteiger partial charge in [0, 0.05) is 30.2 Å². The molecular weight excluding hydrogens is 400 g/mol. The summed E-state index contributed by atoms with van der Waals surface area (Å²) in [5.41, 5.74) is 6.98. The van der Waals surface area contributed by atoms with Crippen LogP contribution in [0.3, 0.4) is 0 Å². The Labute approximate surface area is 178 Å². The molecule has 0 spiro atoms. The number of oxime groups is 1. The lowest BCUT2D eigenvalue weighted by Crippen LogP contribution is -2.24. The summed E-state index contributed by atoms with van der Waals surface area (Å²) in [6, 6.07) is 10.1. The molecule has 0 aliphatic carbocycles. The first-order valence-electron chi connectivity index (χ1n) is 9.53. The number of ether oxygens (including phenoxy) is 2. The second kappa shape index (κ2) is 7.63. The van der Waals surface area contributed by atoms with Crippen LogP contribution < -0.4 is 20.5 Å². The third-order valence-corrected chi connectivity index (χ3v) is 4.75. The predicted octanol–water partition coefficient (Wildman–Crippen LogP) is 2.67. The number of carbonyl (C=O) groups excluding carboxylic acids is 1. The number of hydrogen-bond acceptors (Lipinski definition) is 7. The first kappa shape index (κ1) is 20.2. The van der Waals surface area contributed by atoms with E-state index in [9.17, 15) is 4.79 Å². The van der Waals surface area contributed by atoms with Crippen LogP contribution in [-0.4, -0.2) is 37.5 Å². The fraction of sp³-hybridized carbons (Fsp3) is 0.238. The van der Waals surface area contributed by atoms with E-state index in [0.717, 1.165) is 5.56 Å². The van der Waals surface area contributed by atoms with Gasteiger partial charge in [0.05, 0.1) is 6.20 Å². The number of amidine groups is 1. The molecule has 2 aromatic carbocycles. The summed E-state index contributed by atoms with van der Waals surface area (Å²) in [6.07, 6.45) is 2.09. The Balaban J connectivity index is 1.65. The van der Waals surface area contributed by atoms with E-state index < -0.39 is 5.60 Å². The highest BCUT2D eigenvalue weighted by molar-refractivity contribution is 6.04. The average Bonchev–Trinajstić information content (AvgIpc) is 3.28. The van der Waals surface area contributed by atoms with E-state index in [4.69, 9.17) is 20.4 Å². The highest BCUT2D eigenvalue weighted by Crippen LogP contribution is 2.43. The van der Waals surface area contributed by atoms with Crippen molar-refractivity contribution in [1.29, 1.82) is 0 Å². The minimum absolute atomic E-state index is 0.00488. The summed E-state index contributed by atoms with van der Waals surface area (Å²) in [5, 5.41) is 22.5. The molecule has 160 valence electrons. The number of carbonyl (C=O) groups is 1. The second-order valence-corrected chi connectivity index (χ2v) is 7.77. The van der Waals surface area contributed by atoms with Crippen LogP contribution in [0.1, 0.15) is 35.3 Å². The largest absolute Gasteiger partial charge is 0.487 e. The van der Waals surface area contributed by atoms with E-state index in [1.54, 1.807) is 43.4 Å². The zero-order valence-corrected chi connectivity index (χ0v) is 17.3. The number of aryl methyl sites for hydroxylation is 1. The van der Waals surface area contributed by atoms with Gasteiger partial charge in [0.2, 0.25) is 0 Å². The summed E-state index contributed by atoms with van der Waals surface area (Å²) < 4.78 is 12.1. The summed E-state index contributed by atoms with van der Waals surface area (Å²) >= 11 is 0. The Morgan fingerprint density at radius 2 is 2.03 bits per heavy atom. The number of nitrogens with zero attached hydrogens (tertiary/aromatic N) is 4. The number of nitrogens with one attached hydrogen (secondary N) is 1. The Morgan fingerprint density at radius 3 is 2.68 bits per heavy atom. The minimum Gasteiger partial charge on any atom is -0.487 e. The summed E-state index contributed by atoms with van der Waals surface area (Å²) in [5.74, 6) is 1.64. The van der Waals surface area contributed by atoms with Crippen LogP contribution in [0.25, 0.3) is 0 Å². The monoisotopic (exact) mass is 422 g/mol. The molecule has 1 aliphatic rings. The Hall–Kier alpha value is -4.08. The topological polar surface area (TPSA) is 137 Å². The lowest BCUT2D eigenvalue weighted by Gasteiger charge is -2.16. The number of benzene rings is 2. The second-order valence-electron chi connectivity index (χ2n) is 7.77. The lowest BCUT2D eigenvalue weighted by molar-refractivity contribution is 0.102. The van der Waals surface area contributed by atoms with Crippen molar-refractivity contribution in [3.63, 3.8) is 0 Å². The van der Waals surface area contributed by atoms with Crippen molar-refractivity contribution in [3.05, 3.63) is 59.3 Å². The quantitative estimate of drug-likeness (QED) is 0.249. The molecular formula is C21H22N6O4. The van der Waals surface area contributed by atoms with Gasteiger partial charge in [0.25, 0.3) is 5.91 Å². The molecule has 1 aliphatic heterocycles. The molecule has 2 heterocycles. The van der Waals surface area contributed by atoms with Crippen molar-refractivity contribution in [2.45, 2.75) is 25.9 Å². The molecule has 10 heteroatoms. The number of amides is 1. The number of hydrogen-bond donors (Lipinski definition) is 3. The van der Waals surface area contributed by atoms with Gasteiger partial charge >= 0.3 is 0 Å². The van der Waals surface area contributed by atoms with Crippen LogP contribution in [0.5, 0.6) is 17.2 Å². The van der Waals surface area contributed by atoms with Gasteiger partial charge < -0.3 is 25.7 Å². The molecule has 0 atom stereocenters. The maximum atomic E-state index is 12.8. The van der Waals surface area contributed by atoms with Crippen molar-refractivity contribution in [1.82, 2.24) is 15.0 Å². The van der Waals surface area contributed by atoms with Gasteiger partial charge in [-0.3, -0.25) is 4.79 Å². The summed E-state index contributed by atoms with van der Waals surface area (Å²) in [7, 11) is 1.66. The average molecular weight is 422 g/mol. The van der Waals surface area contributed by atoms with Crippen LogP contribution in [0, 0.1) is 0 Å². The van der Waals surface area contributed by atoms with E-state index in [1.807, 2.05) is 13.8 Å². The molecule has 1 aromatic heterocycles. The van der Waals surface area contributed by atoms with Crippen molar-refractivity contribution in [2.75, 3.05) is 5.32 Å². The molecule has 0 fully saturated rings. The molecule has 4 N–H and O–H groups in total. The summed E-state index contributed by atoms with van der Waals surface area (Å²) in [6.45, 7) is 3.95. The van der Waals surface area contributed by atoms with Gasteiger partial charge in [0.1, 0.15) is 22.8 Å². The van der Waals surface area contributed by atoms with Crippen molar-refractivity contribution in [3.8, 4) is 17.2 Å². The van der Waals surface area contributed by atoms with E-state index in [1.165, 1.54) is 11.0 Å². The fourth-order valence-electron chi connectivity index (χ4n) is 3.34. The van der Waals surface area contributed by atoms with Crippen LogP contribution >= 0.6 is 0 Å². The molecule has 10 nitrogen and oxygen atoms in total. The number of anilines is 1. The highest BCUT2D eigenvalue weighted by atomic mass is 16.5. The number of nitrogens with two attached hydrogens (primary N) is 1. The van der Waals surface area contributed by atoms with Crippen LogP contribution in [-0.2, 0) is 13.5 Å². The van der Waals surface area contributed by atoms with Crippen molar-refractivity contribution >= 4 is 17.6 Å². The molecule has 0 saturated heterocycles. The third kappa shape index (κ3) is 4.27.